The molecule has 0 aliphatic rings. The fourth-order valence-electron chi connectivity index (χ4n) is 1.85. The second-order valence-corrected chi connectivity index (χ2v) is 4.95. The van der Waals surface area contributed by atoms with E-state index in [9.17, 15) is 14.7 Å². The van der Waals surface area contributed by atoms with Crippen molar-refractivity contribution < 1.29 is 19.2 Å². The molecule has 1 unspecified atom stereocenters. The van der Waals surface area contributed by atoms with Gasteiger partial charge >= 0.3 is 5.97 Å². The minimum Gasteiger partial charge on any atom is -0.481 e. The standard InChI is InChI=1S/C14H13ClN2O4/c1-8-6-12(17-21-8)16-13(18)7-11(14(19)20)9-2-4-10(15)5-3-9/h2-6,11H,7H2,1H3,(H,19,20)(H,16,17,18). The topological polar surface area (TPSA) is 92.4 Å². The summed E-state index contributed by atoms with van der Waals surface area (Å²) in [6.07, 6.45) is -0.205. The first kappa shape index (κ1) is 15.1. The second-order valence-electron chi connectivity index (χ2n) is 4.52. The summed E-state index contributed by atoms with van der Waals surface area (Å²) in [6.45, 7) is 1.69. The molecule has 6 nitrogen and oxygen atoms in total. The van der Waals surface area contributed by atoms with Gasteiger partial charge in [-0.15, -0.1) is 0 Å². The zero-order chi connectivity index (χ0) is 15.4. The van der Waals surface area contributed by atoms with Crippen molar-refractivity contribution in [1.82, 2.24) is 5.16 Å². The van der Waals surface area contributed by atoms with E-state index in [-0.39, 0.29) is 12.2 Å². The van der Waals surface area contributed by atoms with Crippen LogP contribution in [0.25, 0.3) is 0 Å². The molecule has 7 heteroatoms. The number of carbonyl (C=O) groups is 2. The third-order valence-electron chi connectivity index (χ3n) is 2.86. The molecule has 0 aliphatic carbocycles. The van der Waals surface area contributed by atoms with Gasteiger partial charge in [-0.3, -0.25) is 9.59 Å². The van der Waals surface area contributed by atoms with Crippen molar-refractivity contribution in [2.24, 2.45) is 0 Å². The van der Waals surface area contributed by atoms with E-state index < -0.39 is 17.8 Å². The van der Waals surface area contributed by atoms with Crippen LogP contribution in [0, 0.1) is 6.92 Å². The van der Waals surface area contributed by atoms with E-state index >= 15 is 0 Å². The Bertz CT molecular complexity index is 651. The van der Waals surface area contributed by atoms with E-state index in [2.05, 4.69) is 10.5 Å². The Morgan fingerprint density at radius 2 is 2.05 bits per heavy atom. The van der Waals surface area contributed by atoms with Gasteiger partial charge in [0.15, 0.2) is 5.82 Å². The Labute approximate surface area is 125 Å². The van der Waals surface area contributed by atoms with Crippen molar-refractivity contribution in [3.8, 4) is 0 Å². The molecule has 1 aromatic heterocycles. The fourth-order valence-corrected chi connectivity index (χ4v) is 1.97. The van der Waals surface area contributed by atoms with Gasteiger partial charge in [0.05, 0.1) is 5.92 Å². The van der Waals surface area contributed by atoms with E-state index in [1.165, 1.54) is 0 Å². The maximum Gasteiger partial charge on any atom is 0.311 e. The molecule has 1 atom stereocenters. The van der Waals surface area contributed by atoms with Crippen LogP contribution in [0.1, 0.15) is 23.7 Å². The van der Waals surface area contributed by atoms with Crippen molar-refractivity contribution in [1.29, 1.82) is 0 Å². The van der Waals surface area contributed by atoms with Gasteiger partial charge in [-0.25, -0.2) is 0 Å². The average molecular weight is 309 g/mol. The predicted octanol–water partition coefficient (Wildman–Crippen LogP) is 2.83. The number of hydrogen-bond donors (Lipinski definition) is 2. The minimum atomic E-state index is -1.08. The molecule has 0 aliphatic heterocycles. The lowest BCUT2D eigenvalue weighted by Gasteiger charge is -2.12. The first-order chi connectivity index (χ1) is 9.95. The predicted molar refractivity (Wildman–Crippen MR) is 76.3 cm³/mol. The van der Waals surface area contributed by atoms with E-state index in [0.29, 0.717) is 16.3 Å². The van der Waals surface area contributed by atoms with E-state index in [1.54, 1.807) is 37.3 Å². The lowest BCUT2D eigenvalue weighted by molar-refractivity contribution is -0.140. The molecule has 0 saturated carbocycles. The zero-order valence-electron chi connectivity index (χ0n) is 11.2. The molecule has 21 heavy (non-hydrogen) atoms. The third kappa shape index (κ3) is 4.06. The number of aryl methyl sites for hydroxylation is 1. The highest BCUT2D eigenvalue weighted by atomic mass is 35.5. The molecule has 110 valence electrons. The molecule has 2 rings (SSSR count). The number of carbonyl (C=O) groups excluding carboxylic acids is 1. The largest absolute Gasteiger partial charge is 0.481 e. The van der Waals surface area contributed by atoms with Crippen LogP contribution in [-0.4, -0.2) is 22.1 Å². The number of hydrogen-bond acceptors (Lipinski definition) is 4. The van der Waals surface area contributed by atoms with Crippen LogP contribution >= 0.6 is 11.6 Å². The van der Waals surface area contributed by atoms with Crippen molar-refractivity contribution in [3.63, 3.8) is 0 Å². The summed E-state index contributed by atoms with van der Waals surface area (Å²) in [5.74, 6) is -1.67. The molecule has 2 N–H and O–H groups in total. The SMILES string of the molecule is Cc1cc(NC(=O)CC(C(=O)O)c2ccc(Cl)cc2)no1. The van der Waals surface area contributed by atoms with Gasteiger partial charge in [-0.05, 0) is 24.6 Å². The number of aliphatic carboxylic acids is 1. The smallest absolute Gasteiger partial charge is 0.311 e. The van der Waals surface area contributed by atoms with E-state index in [0.717, 1.165) is 0 Å². The molecule has 0 radical (unpaired) electrons. The summed E-state index contributed by atoms with van der Waals surface area (Å²) in [7, 11) is 0. The van der Waals surface area contributed by atoms with Crippen LogP contribution in [0.4, 0.5) is 5.82 Å². The van der Waals surface area contributed by atoms with Gasteiger partial charge in [0.1, 0.15) is 5.76 Å². The normalized spacial score (nSPS) is 11.9. The summed E-state index contributed by atoms with van der Waals surface area (Å²) in [4.78, 5) is 23.2. The number of benzene rings is 1. The number of nitrogens with one attached hydrogen (secondary N) is 1. The summed E-state index contributed by atoms with van der Waals surface area (Å²) in [5, 5.41) is 15.9. The highest BCUT2D eigenvalue weighted by Gasteiger charge is 2.23. The van der Waals surface area contributed by atoms with Crippen LogP contribution in [0.3, 0.4) is 0 Å². The Hall–Kier alpha value is -2.34. The molecule has 2 aromatic rings. The van der Waals surface area contributed by atoms with Gasteiger partial charge in [0.2, 0.25) is 5.91 Å². The Kier molecular flexibility index (Phi) is 4.59. The van der Waals surface area contributed by atoms with Gasteiger partial charge < -0.3 is 14.9 Å². The summed E-state index contributed by atoms with van der Waals surface area (Å²) < 4.78 is 4.82. The third-order valence-corrected chi connectivity index (χ3v) is 3.11. The zero-order valence-corrected chi connectivity index (χ0v) is 11.9. The fraction of sp³-hybridized carbons (Fsp3) is 0.214. The molecule has 1 amide bonds. The Morgan fingerprint density at radius 1 is 1.38 bits per heavy atom. The average Bonchev–Trinajstić information content (AvgIpc) is 2.82. The van der Waals surface area contributed by atoms with Gasteiger partial charge in [-0.1, -0.05) is 28.9 Å². The monoisotopic (exact) mass is 308 g/mol. The van der Waals surface area contributed by atoms with Crippen molar-refractivity contribution in [3.05, 3.63) is 46.7 Å². The lowest BCUT2D eigenvalue weighted by atomic mass is 9.95. The summed E-state index contributed by atoms with van der Waals surface area (Å²) >= 11 is 5.77. The molecule has 0 bridgehead atoms. The minimum absolute atomic E-state index is 0.205. The van der Waals surface area contributed by atoms with Crippen LogP contribution < -0.4 is 5.32 Å². The van der Waals surface area contributed by atoms with Crippen molar-refractivity contribution >= 4 is 29.3 Å². The number of anilines is 1. The summed E-state index contributed by atoms with van der Waals surface area (Å²) in [6, 6.07) is 7.91. The Morgan fingerprint density at radius 3 is 2.57 bits per heavy atom. The molecule has 1 aromatic carbocycles. The maximum absolute atomic E-state index is 11.9. The second kappa shape index (κ2) is 6.41. The number of rotatable bonds is 5. The van der Waals surface area contributed by atoms with Crippen molar-refractivity contribution in [2.45, 2.75) is 19.3 Å². The quantitative estimate of drug-likeness (QED) is 0.886. The molecule has 1 heterocycles. The summed E-state index contributed by atoms with van der Waals surface area (Å²) in [5.41, 5.74) is 0.512. The van der Waals surface area contributed by atoms with Crippen LogP contribution in [0.2, 0.25) is 5.02 Å². The number of nitrogens with zero attached hydrogens (tertiary/aromatic N) is 1. The van der Waals surface area contributed by atoms with E-state index in [4.69, 9.17) is 16.1 Å². The maximum atomic E-state index is 11.9. The molecular weight excluding hydrogens is 296 g/mol. The lowest BCUT2D eigenvalue weighted by Crippen LogP contribution is -2.21. The van der Waals surface area contributed by atoms with E-state index in [1.807, 2.05) is 0 Å². The van der Waals surface area contributed by atoms with Gasteiger partial charge in [-0.2, -0.15) is 0 Å². The van der Waals surface area contributed by atoms with Gasteiger partial charge in [0, 0.05) is 17.5 Å². The van der Waals surface area contributed by atoms with Gasteiger partial charge in [0.25, 0.3) is 0 Å². The van der Waals surface area contributed by atoms with Crippen LogP contribution in [-0.2, 0) is 9.59 Å². The van der Waals surface area contributed by atoms with Crippen LogP contribution in [0.5, 0.6) is 0 Å². The Balaban J connectivity index is 2.07. The molecule has 0 spiro atoms. The first-order valence-electron chi connectivity index (χ1n) is 6.17. The molecule has 0 fully saturated rings. The number of carboxylic acid groups (broad SMARTS) is 1. The molecule has 0 saturated heterocycles. The number of halogens is 1. The highest BCUT2D eigenvalue weighted by Crippen LogP contribution is 2.22. The number of carboxylic acids is 1. The number of aromatic nitrogens is 1. The molecular formula is C14H13ClN2O4. The number of amides is 1. The first-order valence-corrected chi connectivity index (χ1v) is 6.55. The highest BCUT2D eigenvalue weighted by molar-refractivity contribution is 6.30. The van der Waals surface area contributed by atoms with Crippen LogP contribution in [0.15, 0.2) is 34.9 Å². The van der Waals surface area contributed by atoms with Crippen molar-refractivity contribution in [2.75, 3.05) is 5.32 Å².